The summed E-state index contributed by atoms with van der Waals surface area (Å²) in [7, 11) is 3.09. The first kappa shape index (κ1) is 24.1. The molecule has 0 aromatic heterocycles. The van der Waals surface area contributed by atoms with Crippen LogP contribution >= 0.6 is 0 Å². The van der Waals surface area contributed by atoms with Crippen molar-refractivity contribution in [2.45, 2.75) is 24.9 Å². The number of hydrogen-bond donors (Lipinski definition) is 2. The summed E-state index contributed by atoms with van der Waals surface area (Å²) in [5, 5.41) is 12.5. The van der Waals surface area contributed by atoms with E-state index in [1.54, 1.807) is 24.1 Å². The van der Waals surface area contributed by atoms with E-state index in [4.69, 9.17) is 9.47 Å². The first-order valence-corrected chi connectivity index (χ1v) is 11.3. The van der Waals surface area contributed by atoms with E-state index in [9.17, 15) is 19.1 Å². The maximum atomic E-state index is 13.7. The second kappa shape index (κ2) is 10.5. The van der Waals surface area contributed by atoms with Crippen LogP contribution in [0.5, 0.6) is 11.5 Å². The van der Waals surface area contributed by atoms with Gasteiger partial charge < -0.3 is 24.8 Å². The summed E-state index contributed by atoms with van der Waals surface area (Å²) < 4.78 is 24.6. The molecular formula is C27H27FN2O5. The molecule has 8 heteroatoms. The Morgan fingerprint density at radius 1 is 1.06 bits per heavy atom. The van der Waals surface area contributed by atoms with Gasteiger partial charge in [-0.05, 0) is 52.9 Å². The van der Waals surface area contributed by atoms with Crippen molar-refractivity contribution in [2.24, 2.45) is 0 Å². The van der Waals surface area contributed by atoms with Gasteiger partial charge >= 0.3 is 12.0 Å². The number of nitrogens with zero attached hydrogens (tertiary/aromatic N) is 1. The monoisotopic (exact) mass is 478 g/mol. The topological polar surface area (TPSA) is 88.1 Å². The Kier molecular flexibility index (Phi) is 7.19. The van der Waals surface area contributed by atoms with E-state index in [0.29, 0.717) is 30.0 Å². The number of urea groups is 1. The van der Waals surface area contributed by atoms with Gasteiger partial charge in [-0.15, -0.1) is 0 Å². The smallest absolute Gasteiger partial charge is 0.326 e. The number of hydrogen-bond acceptors (Lipinski definition) is 4. The van der Waals surface area contributed by atoms with E-state index >= 15 is 0 Å². The third-order valence-electron chi connectivity index (χ3n) is 6.20. The van der Waals surface area contributed by atoms with Gasteiger partial charge in [0.25, 0.3) is 0 Å². The van der Waals surface area contributed by atoms with Crippen molar-refractivity contribution >= 4 is 12.0 Å². The molecule has 0 unspecified atom stereocenters. The lowest BCUT2D eigenvalue weighted by Gasteiger charge is -2.38. The lowest BCUT2D eigenvalue weighted by atomic mass is 9.87. The van der Waals surface area contributed by atoms with E-state index in [0.717, 1.165) is 16.7 Å². The van der Waals surface area contributed by atoms with Gasteiger partial charge in [-0.1, -0.05) is 42.5 Å². The molecule has 1 aliphatic heterocycles. The third kappa shape index (κ3) is 5.21. The summed E-state index contributed by atoms with van der Waals surface area (Å²) in [6.45, 7) is 0.341. The molecular weight excluding hydrogens is 451 g/mol. The zero-order chi connectivity index (χ0) is 24.9. The van der Waals surface area contributed by atoms with Gasteiger partial charge in [0.15, 0.2) is 11.5 Å². The van der Waals surface area contributed by atoms with Crippen molar-refractivity contribution in [3.8, 4) is 11.5 Å². The third-order valence-corrected chi connectivity index (χ3v) is 6.20. The van der Waals surface area contributed by atoms with E-state index < -0.39 is 24.1 Å². The average Bonchev–Trinajstić information content (AvgIpc) is 2.87. The number of ether oxygens (including phenoxy) is 2. The highest BCUT2D eigenvalue weighted by atomic mass is 19.1. The molecule has 2 N–H and O–H groups in total. The highest BCUT2D eigenvalue weighted by Gasteiger charge is 2.35. The Morgan fingerprint density at radius 3 is 2.34 bits per heavy atom. The van der Waals surface area contributed by atoms with Gasteiger partial charge in [-0.25, -0.2) is 14.0 Å². The van der Waals surface area contributed by atoms with Gasteiger partial charge in [-0.3, -0.25) is 0 Å². The molecule has 2 atom stereocenters. The van der Waals surface area contributed by atoms with Gasteiger partial charge in [-0.2, -0.15) is 0 Å². The Hall–Kier alpha value is -4.07. The van der Waals surface area contributed by atoms with Crippen LogP contribution in [0.4, 0.5) is 9.18 Å². The second-order valence-electron chi connectivity index (χ2n) is 8.33. The molecule has 7 nitrogen and oxygen atoms in total. The number of carbonyl (C=O) groups is 2. The van der Waals surface area contributed by atoms with Crippen molar-refractivity contribution in [2.75, 3.05) is 20.8 Å². The van der Waals surface area contributed by atoms with E-state index in [-0.39, 0.29) is 12.2 Å². The summed E-state index contributed by atoms with van der Waals surface area (Å²) in [4.78, 5) is 27.0. The summed E-state index contributed by atoms with van der Waals surface area (Å²) in [5.41, 5.74) is 3.28. The summed E-state index contributed by atoms with van der Waals surface area (Å²) >= 11 is 0. The number of carboxylic acids is 1. The van der Waals surface area contributed by atoms with E-state index in [1.807, 2.05) is 42.5 Å². The van der Waals surface area contributed by atoms with Crippen molar-refractivity contribution in [1.29, 1.82) is 0 Å². The second-order valence-corrected chi connectivity index (χ2v) is 8.33. The number of fused-ring (bicyclic) bond motifs is 1. The molecule has 0 aliphatic carbocycles. The highest BCUT2D eigenvalue weighted by Crippen LogP contribution is 2.41. The van der Waals surface area contributed by atoms with Gasteiger partial charge in [0.05, 0.1) is 20.3 Å². The lowest BCUT2D eigenvalue weighted by molar-refractivity contribution is -0.139. The fraction of sp³-hybridized carbons (Fsp3) is 0.259. The molecule has 0 fully saturated rings. The maximum absolute atomic E-state index is 13.7. The highest BCUT2D eigenvalue weighted by molar-refractivity contribution is 5.83. The lowest BCUT2D eigenvalue weighted by Crippen LogP contribution is -2.51. The van der Waals surface area contributed by atoms with Crippen LogP contribution in [0.2, 0.25) is 0 Å². The number of benzene rings is 3. The summed E-state index contributed by atoms with van der Waals surface area (Å²) in [6.07, 6.45) is 0.690. The number of halogens is 1. The minimum absolute atomic E-state index is 0.151. The van der Waals surface area contributed by atoms with Crippen LogP contribution in [0.1, 0.15) is 28.3 Å². The summed E-state index contributed by atoms with van der Waals surface area (Å²) in [6, 6.07) is 16.6. The number of rotatable bonds is 7. The molecule has 4 rings (SSSR count). The number of nitrogens with one attached hydrogen (secondary N) is 1. The fourth-order valence-electron chi connectivity index (χ4n) is 4.45. The Morgan fingerprint density at radius 2 is 1.71 bits per heavy atom. The molecule has 1 aliphatic rings. The van der Waals surface area contributed by atoms with Crippen molar-refractivity contribution < 1.29 is 28.6 Å². The summed E-state index contributed by atoms with van der Waals surface area (Å²) in [5.74, 6) is -0.421. The van der Waals surface area contributed by atoms with Crippen LogP contribution in [-0.4, -0.2) is 48.8 Å². The molecule has 0 saturated heterocycles. The predicted molar refractivity (Wildman–Crippen MR) is 128 cm³/mol. The number of methoxy groups -OCH3 is 2. The molecule has 2 amide bonds. The number of aliphatic carboxylic acids is 1. The van der Waals surface area contributed by atoms with Crippen molar-refractivity contribution in [1.82, 2.24) is 10.2 Å². The SMILES string of the molecule is COc1cc2c(cc1OC)[C@H](c1ccc(F)cc1)N(C(=O)N[C@@H](Cc1ccccc1)C(=O)O)CC2. The van der Waals surface area contributed by atoms with Crippen molar-refractivity contribution in [3.63, 3.8) is 0 Å². The van der Waals surface area contributed by atoms with Crippen LogP contribution in [0.3, 0.4) is 0 Å². The number of carbonyl (C=O) groups excluding carboxylic acids is 1. The minimum Gasteiger partial charge on any atom is -0.493 e. The molecule has 35 heavy (non-hydrogen) atoms. The van der Waals surface area contributed by atoms with E-state index in [2.05, 4.69) is 5.32 Å². The van der Waals surface area contributed by atoms with Crippen LogP contribution in [-0.2, 0) is 17.6 Å². The first-order chi connectivity index (χ1) is 16.9. The quantitative estimate of drug-likeness (QED) is 0.532. The normalized spacial score (nSPS) is 15.6. The zero-order valence-electron chi connectivity index (χ0n) is 19.5. The molecule has 3 aromatic carbocycles. The fourth-order valence-corrected chi connectivity index (χ4v) is 4.45. The number of carboxylic acid groups (broad SMARTS) is 1. The maximum Gasteiger partial charge on any atom is 0.326 e. The number of amides is 2. The molecule has 0 spiro atoms. The van der Waals surface area contributed by atoms with Crippen molar-refractivity contribution in [3.05, 3.63) is 94.8 Å². The Balaban J connectivity index is 1.69. The van der Waals surface area contributed by atoms with Gasteiger partial charge in [0, 0.05) is 13.0 Å². The molecule has 1 heterocycles. The largest absolute Gasteiger partial charge is 0.493 e. The Bertz CT molecular complexity index is 1200. The molecule has 0 saturated carbocycles. The van der Waals surface area contributed by atoms with Crippen LogP contribution < -0.4 is 14.8 Å². The standard InChI is InChI=1S/C27H27FN2O5/c1-34-23-15-19-12-13-30(27(33)29-22(26(31)32)14-17-6-4-3-5-7-17)25(21(19)16-24(23)35-2)18-8-10-20(28)11-9-18/h3-11,15-16,22,25H,12-14H2,1-2H3,(H,29,33)(H,31,32)/t22-,25-/m0/s1. The molecule has 0 radical (unpaired) electrons. The first-order valence-electron chi connectivity index (χ1n) is 11.3. The Labute approximate surface area is 203 Å². The van der Waals surface area contributed by atoms with E-state index in [1.165, 1.54) is 19.2 Å². The molecule has 182 valence electrons. The molecule has 0 bridgehead atoms. The predicted octanol–water partition coefficient (Wildman–Crippen LogP) is 4.20. The molecule has 3 aromatic rings. The van der Waals surface area contributed by atoms with Crippen LogP contribution in [0.15, 0.2) is 66.7 Å². The van der Waals surface area contributed by atoms with Gasteiger partial charge in [0.2, 0.25) is 0 Å². The van der Waals surface area contributed by atoms with Crippen LogP contribution in [0.25, 0.3) is 0 Å². The average molecular weight is 479 g/mol. The zero-order valence-corrected chi connectivity index (χ0v) is 19.5. The van der Waals surface area contributed by atoms with Gasteiger partial charge in [0.1, 0.15) is 11.9 Å². The minimum atomic E-state index is -1.12. The van der Waals surface area contributed by atoms with Crippen LogP contribution in [0, 0.1) is 5.82 Å².